The third-order valence-electron chi connectivity index (χ3n) is 0.622. The van der Waals surface area contributed by atoms with Gasteiger partial charge in [0.05, 0.1) is 0 Å². The van der Waals surface area contributed by atoms with Crippen molar-refractivity contribution >= 4 is 0 Å². The predicted molar refractivity (Wildman–Crippen MR) is 42.5 cm³/mol. The fourth-order valence-corrected chi connectivity index (χ4v) is 0.292. The summed E-state index contributed by atoms with van der Waals surface area (Å²) in [7, 11) is 0. The third kappa shape index (κ3) is 11.1. The zero-order chi connectivity index (χ0) is 7.70. The van der Waals surface area contributed by atoms with Gasteiger partial charge in [-0.25, -0.2) is 0 Å². The Bertz CT molecular complexity index is 82.6. The first kappa shape index (κ1) is 11.1. The highest BCUT2D eigenvalue weighted by Gasteiger charge is 1.74. The summed E-state index contributed by atoms with van der Waals surface area (Å²) in [4.78, 5) is 0. The molecular formula is C8H16O. The first-order chi connectivity index (χ1) is 4.31. The van der Waals surface area contributed by atoms with Gasteiger partial charge >= 0.3 is 0 Å². The van der Waals surface area contributed by atoms with Crippen molar-refractivity contribution in [1.29, 1.82) is 0 Å². The van der Waals surface area contributed by atoms with E-state index in [4.69, 9.17) is 5.11 Å². The summed E-state index contributed by atoms with van der Waals surface area (Å²) < 4.78 is 0. The molecule has 0 unspecified atom stereocenters. The standard InChI is InChI=1S/C6H10O.C2H6/c1-3-5-6(7)4-2;1-2/h4-5,7H,2-3H2,1H3;1-2H3/b6-5+;. The lowest BCUT2D eigenvalue weighted by Crippen LogP contribution is -1.68. The second-order valence-corrected chi connectivity index (χ2v) is 1.24. The Hall–Kier alpha value is -0.720. The molecule has 0 saturated heterocycles. The van der Waals surface area contributed by atoms with Gasteiger partial charge in [0.1, 0.15) is 5.76 Å². The van der Waals surface area contributed by atoms with Crippen molar-refractivity contribution in [3.05, 3.63) is 24.5 Å². The number of aliphatic hydroxyl groups is 1. The molecule has 9 heavy (non-hydrogen) atoms. The van der Waals surface area contributed by atoms with Crippen LogP contribution in [0.1, 0.15) is 27.2 Å². The van der Waals surface area contributed by atoms with Gasteiger partial charge in [0.2, 0.25) is 0 Å². The van der Waals surface area contributed by atoms with E-state index in [1.54, 1.807) is 6.08 Å². The van der Waals surface area contributed by atoms with Gasteiger partial charge in [0.15, 0.2) is 0 Å². The van der Waals surface area contributed by atoms with E-state index in [0.717, 1.165) is 6.42 Å². The SMILES string of the molecule is C=C/C(O)=C\CC.CC. The molecule has 0 saturated carbocycles. The highest BCUT2D eigenvalue weighted by Crippen LogP contribution is 1.89. The van der Waals surface area contributed by atoms with Gasteiger partial charge in [-0.05, 0) is 18.6 Å². The quantitative estimate of drug-likeness (QED) is 0.447. The van der Waals surface area contributed by atoms with Gasteiger partial charge in [-0.2, -0.15) is 0 Å². The minimum atomic E-state index is 0.266. The lowest BCUT2D eigenvalue weighted by atomic mass is 10.4. The summed E-state index contributed by atoms with van der Waals surface area (Å²) in [6.45, 7) is 9.32. The third-order valence-corrected chi connectivity index (χ3v) is 0.622. The molecule has 0 radical (unpaired) electrons. The lowest BCUT2D eigenvalue weighted by Gasteiger charge is -1.83. The van der Waals surface area contributed by atoms with Crippen molar-refractivity contribution in [1.82, 2.24) is 0 Å². The molecule has 0 heterocycles. The summed E-state index contributed by atoms with van der Waals surface area (Å²) in [5.74, 6) is 0.266. The maximum atomic E-state index is 8.60. The van der Waals surface area contributed by atoms with Crippen molar-refractivity contribution in [3.63, 3.8) is 0 Å². The van der Waals surface area contributed by atoms with Gasteiger partial charge in [-0.1, -0.05) is 27.4 Å². The van der Waals surface area contributed by atoms with Gasteiger partial charge in [-0.3, -0.25) is 0 Å². The van der Waals surface area contributed by atoms with Crippen LogP contribution in [0.3, 0.4) is 0 Å². The second kappa shape index (κ2) is 10.3. The molecule has 0 aliphatic carbocycles. The number of rotatable bonds is 2. The number of aliphatic hydroxyl groups excluding tert-OH is 1. The monoisotopic (exact) mass is 128 g/mol. The zero-order valence-corrected chi connectivity index (χ0v) is 6.52. The molecule has 1 N–H and O–H groups in total. The molecule has 0 fully saturated rings. The second-order valence-electron chi connectivity index (χ2n) is 1.24. The van der Waals surface area contributed by atoms with Crippen LogP contribution >= 0.6 is 0 Å². The molecule has 0 aromatic rings. The van der Waals surface area contributed by atoms with Crippen LogP contribution in [0.2, 0.25) is 0 Å². The summed E-state index contributed by atoms with van der Waals surface area (Å²) in [5.41, 5.74) is 0. The van der Waals surface area contributed by atoms with Crippen molar-refractivity contribution in [2.24, 2.45) is 0 Å². The van der Waals surface area contributed by atoms with E-state index >= 15 is 0 Å². The molecule has 0 rings (SSSR count). The van der Waals surface area contributed by atoms with Crippen LogP contribution in [0.5, 0.6) is 0 Å². The number of hydrogen-bond acceptors (Lipinski definition) is 1. The van der Waals surface area contributed by atoms with Gasteiger partial charge in [-0.15, -0.1) is 0 Å². The largest absolute Gasteiger partial charge is 0.508 e. The van der Waals surface area contributed by atoms with Crippen molar-refractivity contribution in [2.45, 2.75) is 27.2 Å². The van der Waals surface area contributed by atoms with E-state index in [1.165, 1.54) is 6.08 Å². The molecule has 0 amide bonds. The maximum absolute atomic E-state index is 8.60. The zero-order valence-electron chi connectivity index (χ0n) is 6.52. The fraction of sp³-hybridized carbons (Fsp3) is 0.500. The molecule has 0 atom stereocenters. The fourth-order valence-electron chi connectivity index (χ4n) is 0.292. The Morgan fingerprint density at radius 3 is 2.11 bits per heavy atom. The van der Waals surface area contributed by atoms with E-state index in [9.17, 15) is 0 Å². The molecule has 0 aromatic heterocycles. The highest BCUT2D eigenvalue weighted by molar-refractivity contribution is 5.05. The number of hydrogen-bond donors (Lipinski definition) is 1. The molecule has 0 aromatic carbocycles. The minimum absolute atomic E-state index is 0.266. The van der Waals surface area contributed by atoms with Crippen molar-refractivity contribution < 1.29 is 5.11 Å². The normalized spacial score (nSPS) is 9.44. The molecule has 54 valence electrons. The first-order valence-electron chi connectivity index (χ1n) is 3.32. The molecule has 0 aliphatic rings. The Morgan fingerprint density at radius 1 is 1.56 bits per heavy atom. The lowest BCUT2D eigenvalue weighted by molar-refractivity contribution is 0.430. The van der Waals surface area contributed by atoms with Crippen LogP contribution < -0.4 is 0 Å². The Labute approximate surface area is 57.7 Å². The molecule has 0 bridgehead atoms. The first-order valence-corrected chi connectivity index (χ1v) is 3.32. The van der Waals surface area contributed by atoms with Crippen LogP contribution in [0.25, 0.3) is 0 Å². The average molecular weight is 128 g/mol. The summed E-state index contributed by atoms with van der Waals surface area (Å²) in [5, 5.41) is 8.60. The molecule has 0 spiro atoms. The van der Waals surface area contributed by atoms with Gasteiger partial charge in [0.25, 0.3) is 0 Å². The molecule has 0 aliphatic heterocycles. The van der Waals surface area contributed by atoms with E-state index < -0.39 is 0 Å². The van der Waals surface area contributed by atoms with Crippen molar-refractivity contribution in [2.75, 3.05) is 0 Å². The Morgan fingerprint density at radius 2 is 2.00 bits per heavy atom. The van der Waals surface area contributed by atoms with E-state index in [1.807, 2.05) is 20.8 Å². The summed E-state index contributed by atoms with van der Waals surface area (Å²) >= 11 is 0. The topological polar surface area (TPSA) is 20.2 Å². The van der Waals surface area contributed by atoms with Crippen LogP contribution in [0.15, 0.2) is 24.5 Å². The van der Waals surface area contributed by atoms with E-state index in [2.05, 4.69) is 6.58 Å². The Balaban J connectivity index is 0. The molecule has 1 nitrogen and oxygen atoms in total. The van der Waals surface area contributed by atoms with E-state index in [0.29, 0.717) is 0 Å². The van der Waals surface area contributed by atoms with Gasteiger partial charge < -0.3 is 5.11 Å². The molecule has 1 heteroatoms. The average Bonchev–Trinajstić information content (AvgIpc) is 1.93. The smallest absolute Gasteiger partial charge is 0.110 e. The Kier molecular flexibility index (Phi) is 12.7. The summed E-state index contributed by atoms with van der Waals surface area (Å²) in [6.07, 6.45) is 3.98. The summed E-state index contributed by atoms with van der Waals surface area (Å²) in [6, 6.07) is 0. The maximum Gasteiger partial charge on any atom is 0.110 e. The van der Waals surface area contributed by atoms with Crippen LogP contribution in [-0.4, -0.2) is 5.11 Å². The van der Waals surface area contributed by atoms with Crippen molar-refractivity contribution in [3.8, 4) is 0 Å². The van der Waals surface area contributed by atoms with Crippen LogP contribution in [0, 0.1) is 0 Å². The molecular weight excluding hydrogens is 112 g/mol. The van der Waals surface area contributed by atoms with Gasteiger partial charge in [0, 0.05) is 0 Å². The minimum Gasteiger partial charge on any atom is -0.508 e. The van der Waals surface area contributed by atoms with Crippen LogP contribution in [-0.2, 0) is 0 Å². The number of allylic oxidation sites excluding steroid dienone is 2. The highest BCUT2D eigenvalue weighted by atomic mass is 16.3. The van der Waals surface area contributed by atoms with E-state index in [-0.39, 0.29) is 5.76 Å². The predicted octanol–water partition coefficient (Wildman–Crippen LogP) is 3.05. The van der Waals surface area contributed by atoms with Crippen LogP contribution in [0.4, 0.5) is 0 Å².